The number of hydrogen-bond donors (Lipinski definition) is 2. The minimum atomic E-state index is 0.729. The van der Waals surface area contributed by atoms with Gasteiger partial charge in [-0.05, 0) is 30.3 Å². The number of para-hydroxylation sites is 2. The van der Waals surface area contributed by atoms with Gasteiger partial charge in [0.1, 0.15) is 0 Å². The van der Waals surface area contributed by atoms with Crippen LogP contribution in [0.1, 0.15) is 0 Å². The first-order chi connectivity index (χ1) is 7.79. The monoisotopic (exact) mass is 232 g/mol. The molecule has 16 heavy (non-hydrogen) atoms. The molecule has 0 saturated carbocycles. The quantitative estimate of drug-likeness (QED) is 0.832. The summed E-state index contributed by atoms with van der Waals surface area (Å²) in [5.74, 6) is 0. The molecule has 2 rings (SSSR count). The topological polar surface area (TPSA) is 24.1 Å². The van der Waals surface area contributed by atoms with Gasteiger partial charge in [-0.1, -0.05) is 29.8 Å². The lowest BCUT2D eigenvalue weighted by atomic mass is 10.2. The average molecular weight is 233 g/mol. The van der Waals surface area contributed by atoms with Crippen molar-refractivity contribution in [3.05, 3.63) is 53.6 Å². The molecule has 0 heterocycles. The summed E-state index contributed by atoms with van der Waals surface area (Å²) in [5.41, 5.74) is 3.07. The molecular weight excluding hydrogens is 220 g/mol. The second-order valence-corrected chi connectivity index (χ2v) is 3.87. The van der Waals surface area contributed by atoms with Crippen molar-refractivity contribution < 1.29 is 0 Å². The summed E-state index contributed by atoms with van der Waals surface area (Å²) < 4.78 is 0. The van der Waals surface area contributed by atoms with Gasteiger partial charge in [-0.15, -0.1) is 0 Å². The average Bonchev–Trinajstić information content (AvgIpc) is 2.30. The first-order valence-corrected chi connectivity index (χ1v) is 5.47. The summed E-state index contributed by atoms with van der Waals surface area (Å²) in [6.45, 7) is 0. The highest BCUT2D eigenvalue weighted by atomic mass is 35.5. The zero-order valence-electron chi connectivity index (χ0n) is 9.00. The normalized spacial score (nSPS) is 9.88. The van der Waals surface area contributed by atoms with E-state index in [0.29, 0.717) is 0 Å². The van der Waals surface area contributed by atoms with E-state index in [9.17, 15) is 0 Å². The molecule has 2 N–H and O–H groups in total. The van der Waals surface area contributed by atoms with Crippen LogP contribution in [-0.2, 0) is 0 Å². The van der Waals surface area contributed by atoms with Gasteiger partial charge >= 0.3 is 0 Å². The predicted molar refractivity (Wildman–Crippen MR) is 70.7 cm³/mol. The molecule has 0 atom stereocenters. The van der Waals surface area contributed by atoms with Crippen molar-refractivity contribution in [1.29, 1.82) is 0 Å². The van der Waals surface area contributed by atoms with Gasteiger partial charge < -0.3 is 10.6 Å². The molecule has 82 valence electrons. The molecule has 0 aliphatic carbocycles. The van der Waals surface area contributed by atoms with E-state index in [4.69, 9.17) is 11.6 Å². The standard InChI is InChI=1S/C13H13ClN2/c1-15-12-7-2-3-8-13(12)16-11-6-4-5-10(14)9-11/h2-9,15-16H,1H3. The molecular formula is C13H13ClN2. The van der Waals surface area contributed by atoms with Crippen molar-refractivity contribution in [1.82, 2.24) is 0 Å². The van der Waals surface area contributed by atoms with Gasteiger partial charge in [-0.2, -0.15) is 0 Å². The van der Waals surface area contributed by atoms with E-state index in [1.165, 1.54) is 0 Å². The molecule has 3 heteroatoms. The lowest BCUT2D eigenvalue weighted by Crippen LogP contribution is -1.96. The Labute approximate surface area is 100 Å². The van der Waals surface area contributed by atoms with Gasteiger partial charge in [0.15, 0.2) is 0 Å². The molecule has 0 saturated heterocycles. The molecule has 0 aliphatic rings. The lowest BCUT2D eigenvalue weighted by Gasteiger charge is -2.11. The van der Waals surface area contributed by atoms with Crippen molar-refractivity contribution >= 4 is 28.7 Å². The summed E-state index contributed by atoms with van der Waals surface area (Å²) in [5, 5.41) is 7.18. The first kappa shape index (κ1) is 10.8. The summed E-state index contributed by atoms with van der Waals surface area (Å²) in [6.07, 6.45) is 0. The molecule has 0 amide bonds. The highest BCUT2D eigenvalue weighted by molar-refractivity contribution is 6.30. The third kappa shape index (κ3) is 2.47. The van der Waals surface area contributed by atoms with Crippen molar-refractivity contribution in [2.75, 3.05) is 17.7 Å². The second kappa shape index (κ2) is 4.90. The minimum absolute atomic E-state index is 0.729. The Morgan fingerprint density at radius 1 is 0.938 bits per heavy atom. The summed E-state index contributed by atoms with van der Waals surface area (Å²) in [7, 11) is 1.90. The summed E-state index contributed by atoms with van der Waals surface area (Å²) >= 11 is 5.93. The second-order valence-electron chi connectivity index (χ2n) is 3.43. The highest BCUT2D eigenvalue weighted by Crippen LogP contribution is 2.25. The number of anilines is 3. The fraction of sp³-hybridized carbons (Fsp3) is 0.0769. The maximum atomic E-state index is 5.93. The van der Waals surface area contributed by atoms with Crippen LogP contribution < -0.4 is 10.6 Å². The molecule has 2 aromatic carbocycles. The van der Waals surface area contributed by atoms with Gasteiger partial charge in [-0.3, -0.25) is 0 Å². The van der Waals surface area contributed by atoms with Crippen LogP contribution in [0.2, 0.25) is 5.02 Å². The number of nitrogens with one attached hydrogen (secondary N) is 2. The Morgan fingerprint density at radius 2 is 1.69 bits per heavy atom. The van der Waals surface area contributed by atoms with Crippen molar-refractivity contribution in [3.8, 4) is 0 Å². The molecule has 0 aliphatic heterocycles. The lowest BCUT2D eigenvalue weighted by molar-refractivity contribution is 1.48. The molecule has 0 radical (unpaired) electrons. The van der Waals surface area contributed by atoms with Crippen LogP contribution in [0.15, 0.2) is 48.5 Å². The third-order valence-electron chi connectivity index (χ3n) is 2.30. The van der Waals surface area contributed by atoms with Crippen LogP contribution in [0.5, 0.6) is 0 Å². The zero-order chi connectivity index (χ0) is 11.4. The van der Waals surface area contributed by atoms with E-state index < -0.39 is 0 Å². The van der Waals surface area contributed by atoms with Crippen LogP contribution in [0.25, 0.3) is 0 Å². The van der Waals surface area contributed by atoms with Gasteiger partial charge in [0, 0.05) is 17.8 Å². The van der Waals surface area contributed by atoms with Gasteiger partial charge in [0.25, 0.3) is 0 Å². The maximum Gasteiger partial charge on any atom is 0.0619 e. The summed E-state index contributed by atoms with van der Waals surface area (Å²) in [4.78, 5) is 0. The molecule has 2 nitrogen and oxygen atoms in total. The van der Waals surface area contributed by atoms with Crippen LogP contribution >= 0.6 is 11.6 Å². The Bertz CT molecular complexity index is 483. The molecule has 0 fully saturated rings. The predicted octanol–water partition coefficient (Wildman–Crippen LogP) is 4.13. The number of benzene rings is 2. The smallest absolute Gasteiger partial charge is 0.0619 e. The zero-order valence-corrected chi connectivity index (χ0v) is 9.75. The van der Waals surface area contributed by atoms with Gasteiger partial charge in [0.05, 0.1) is 11.4 Å². The Morgan fingerprint density at radius 3 is 2.38 bits per heavy atom. The van der Waals surface area contributed by atoms with E-state index in [1.807, 2.05) is 55.6 Å². The third-order valence-corrected chi connectivity index (χ3v) is 2.54. The molecule has 0 bridgehead atoms. The summed E-state index contributed by atoms with van der Waals surface area (Å²) in [6, 6.07) is 15.7. The van der Waals surface area contributed by atoms with Crippen LogP contribution in [0.4, 0.5) is 17.1 Å². The molecule has 0 unspecified atom stereocenters. The highest BCUT2D eigenvalue weighted by Gasteiger charge is 1.99. The van der Waals surface area contributed by atoms with Crippen LogP contribution in [-0.4, -0.2) is 7.05 Å². The maximum absolute atomic E-state index is 5.93. The van der Waals surface area contributed by atoms with Gasteiger partial charge in [-0.25, -0.2) is 0 Å². The van der Waals surface area contributed by atoms with Crippen molar-refractivity contribution in [2.45, 2.75) is 0 Å². The molecule has 0 aromatic heterocycles. The first-order valence-electron chi connectivity index (χ1n) is 5.09. The van der Waals surface area contributed by atoms with E-state index >= 15 is 0 Å². The minimum Gasteiger partial charge on any atom is -0.386 e. The Balaban J connectivity index is 2.26. The molecule has 2 aromatic rings. The molecule has 0 spiro atoms. The number of rotatable bonds is 3. The largest absolute Gasteiger partial charge is 0.386 e. The van der Waals surface area contributed by atoms with Crippen molar-refractivity contribution in [3.63, 3.8) is 0 Å². The number of halogens is 1. The fourth-order valence-electron chi connectivity index (χ4n) is 1.53. The Kier molecular flexibility index (Phi) is 3.32. The van der Waals surface area contributed by atoms with E-state index in [2.05, 4.69) is 10.6 Å². The van der Waals surface area contributed by atoms with Crippen LogP contribution in [0.3, 0.4) is 0 Å². The van der Waals surface area contributed by atoms with E-state index in [-0.39, 0.29) is 0 Å². The van der Waals surface area contributed by atoms with Crippen molar-refractivity contribution in [2.24, 2.45) is 0 Å². The van der Waals surface area contributed by atoms with Gasteiger partial charge in [0.2, 0.25) is 0 Å². The van der Waals surface area contributed by atoms with E-state index in [0.717, 1.165) is 22.1 Å². The van der Waals surface area contributed by atoms with Crippen LogP contribution in [0, 0.1) is 0 Å². The Hall–Kier alpha value is -1.67. The SMILES string of the molecule is CNc1ccccc1Nc1cccc(Cl)c1. The fourth-order valence-corrected chi connectivity index (χ4v) is 1.72. The van der Waals surface area contributed by atoms with E-state index in [1.54, 1.807) is 0 Å². The number of hydrogen-bond acceptors (Lipinski definition) is 2.